The minimum Gasteiger partial charge on any atom is -0.325 e. The Kier molecular flexibility index (Phi) is 4.68. The molecule has 2 rings (SSSR count). The maximum Gasteiger partial charge on any atom is 0.229 e. The Labute approximate surface area is 132 Å². The third kappa shape index (κ3) is 4.23. The number of para-hydroxylation sites is 1. The van der Waals surface area contributed by atoms with Gasteiger partial charge in [0, 0.05) is 16.5 Å². The number of carbonyl (C=O) groups is 1. The van der Waals surface area contributed by atoms with Gasteiger partial charge in [-0.2, -0.15) is 0 Å². The van der Waals surface area contributed by atoms with Gasteiger partial charge in [0.1, 0.15) is 0 Å². The molecule has 2 nitrogen and oxygen atoms in total. The first-order valence-electron chi connectivity index (χ1n) is 7.35. The Morgan fingerprint density at radius 2 is 1.73 bits per heavy atom. The Balaban J connectivity index is 2.28. The van der Waals surface area contributed by atoms with Gasteiger partial charge >= 0.3 is 0 Å². The van der Waals surface area contributed by atoms with Crippen LogP contribution in [-0.4, -0.2) is 5.91 Å². The smallest absolute Gasteiger partial charge is 0.229 e. The minimum absolute atomic E-state index is 0.0164. The summed E-state index contributed by atoms with van der Waals surface area (Å²) in [7, 11) is 0. The van der Waals surface area contributed by atoms with E-state index in [0.717, 1.165) is 16.8 Å². The Morgan fingerprint density at radius 3 is 2.41 bits per heavy atom. The summed E-state index contributed by atoms with van der Waals surface area (Å²) < 4.78 is 0. The Morgan fingerprint density at radius 1 is 1.00 bits per heavy atom. The molecule has 0 aliphatic carbocycles. The van der Waals surface area contributed by atoms with E-state index in [1.54, 1.807) is 0 Å². The maximum atomic E-state index is 12.1. The van der Waals surface area contributed by atoms with Gasteiger partial charge in [-0.25, -0.2) is 0 Å². The number of rotatable bonds is 1. The normalized spacial score (nSPS) is 10.5. The highest BCUT2D eigenvalue weighted by Crippen LogP contribution is 2.20. The standard InChI is InChI=1S/C20H21NO/c1-15-8-7-9-16(14-15)12-13-17-10-5-6-11-18(17)21-19(22)20(2,3)4/h5-11,14H,1-4H3,(H,21,22). The molecule has 0 unspecified atom stereocenters. The Bertz CT molecular complexity index is 742. The lowest BCUT2D eigenvalue weighted by Crippen LogP contribution is -2.27. The fourth-order valence-corrected chi connectivity index (χ4v) is 1.87. The summed E-state index contributed by atoms with van der Waals surface area (Å²) in [4.78, 5) is 12.1. The Hall–Kier alpha value is -2.53. The van der Waals surface area contributed by atoms with Gasteiger partial charge in [0.15, 0.2) is 0 Å². The molecule has 0 aromatic heterocycles. The van der Waals surface area contributed by atoms with Crippen LogP contribution in [0.2, 0.25) is 0 Å². The number of nitrogens with one attached hydrogen (secondary N) is 1. The van der Waals surface area contributed by atoms with E-state index in [-0.39, 0.29) is 5.91 Å². The van der Waals surface area contributed by atoms with Crippen LogP contribution < -0.4 is 5.32 Å². The number of carbonyl (C=O) groups excluding carboxylic acids is 1. The van der Waals surface area contributed by atoms with Gasteiger partial charge in [-0.1, -0.05) is 56.9 Å². The average Bonchev–Trinajstić information content (AvgIpc) is 2.45. The number of aryl methyl sites for hydroxylation is 1. The highest BCUT2D eigenvalue weighted by atomic mass is 16.2. The number of hydrogen-bond acceptors (Lipinski definition) is 1. The topological polar surface area (TPSA) is 29.1 Å². The summed E-state index contributed by atoms with van der Waals surface area (Å²) in [5.74, 6) is 6.29. The maximum absolute atomic E-state index is 12.1. The summed E-state index contributed by atoms with van der Waals surface area (Å²) in [6.07, 6.45) is 0. The van der Waals surface area contributed by atoms with Crippen molar-refractivity contribution in [1.82, 2.24) is 0 Å². The lowest BCUT2D eigenvalue weighted by Gasteiger charge is -2.18. The van der Waals surface area contributed by atoms with Crippen LogP contribution in [-0.2, 0) is 4.79 Å². The summed E-state index contributed by atoms with van der Waals surface area (Å²) in [6.45, 7) is 7.72. The molecule has 0 aliphatic rings. The van der Waals surface area contributed by atoms with Crippen molar-refractivity contribution in [1.29, 1.82) is 0 Å². The van der Waals surface area contributed by atoms with Crippen molar-refractivity contribution in [2.75, 3.05) is 5.32 Å². The van der Waals surface area contributed by atoms with E-state index in [9.17, 15) is 4.79 Å². The molecule has 22 heavy (non-hydrogen) atoms. The first-order valence-corrected chi connectivity index (χ1v) is 7.35. The van der Waals surface area contributed by atoms with Crippen LogP contribution >= 0.6 is 0 Å². The van der Waals surface area contributed by atoms with Crippen LogP contribution in [0, 0.1) is 24.2 Å². The van der Waals surface area contributed by atoms with E-state index in [4.69, 9.17) is 0 Å². The highest BCUT2D eigenvalue weighted by Gasteiger charge is 2.21. The first kappa shape index (κ1) is 15.9. The lowest BCUT2D eigenvalue weighted by atomic mass is 9.95. The van der Waals surface area contributed by atoms with E-state index in [0.29, 0.717) is 0 Å². The van der Waals surface area contributed by atoms with Crippen LogP contribution in [0.1, 0.15) is 37.5 Å². The third-order valence-corrected chi connectivity index (χ3v) is 3.22. The van der Waals surface area contributed by atoms with Gasteiger partial charge in [0.2, 0.25) is 5.91 Å². The molecule has 0 saturated heterocycles. The molecule has 0 fully saturated rings. The van der Waals surface area contributed by atoms with E-state index in [2.05, 4.69) is 17.2 Å². The van der Waals surface area contributed by atoms with Crippen molar-refractivity contribution < 1.29 is 4.79 Å². The fraction of sp³-hybridized carbons (Fsp3) is 0.250. The second-order valence-electron chi connectivity index (χ2n) is 6.37. The molecule has 2 heteroatoms. The van der Waals surface area contributed by atoms with Gasteiger partial charge in [-0.15, -0.1) is 0 Å². The second-order valence-corrected chi connectivity index (χ2v) is 6.37. The predicted octanol–water partition coefficient (Wildman–Crippen LogP) is 4.38. The first-order chi connectivity index (χ1) is 10.4. The van der Waals surface area contributed by atoms with Crippen LogP contribution in [0.5, 0.6) is 0 Å². The van der Waals surface area contributed by atoms with Crippen LogP contribution in [0.3, 0.4) is 0 Å². The molecule has 0 saturated carbocycles. The predicted molar refractivity (Wildman–Crippen MR) is 91.7 cm³/mol. The van der Waals surface area contributed by atoms with Crippen molar-refractivity contribution in [3.8, 4) is 11.8 Å². The van der Waals surface area contributed by atoms with Crippen molar-refractivity contribution in [2.45, 2.75) is 27.7 Å². The molecule has 0 atom stereocenters. The van der Waals surface area contributed by atoms with E-state index >= 15 is 0 Å². The molecule has 2 aromatic rings. The number of anilines is 1. The fourth-order valence-electron chi connectivity index (χ4n) is 1.87. The van der Waals surface area contributed by atoms with Crippen molar-refractivity contribution in [2.24, 2.45) is 5.41 Å². The number of hydrogen-bond donors (Lipinski definition) is 1. The minimum atomic E-state index is -0.433. The van der Waals surface area contributed by atoms with Crippen molar-refractivity contribution >= 4 is 11.6 Å². The molecule has 0 bridgehead atoms. The number of amides is 1. The quantitative estimate of drug-likeness (QED) is 0.776. The van der Waals surface area contributed by atoms with Crippen LogP contribution in [0.15, 0.2) is 48.5 Å². The molecule has 1 amide bonds. The third-order valence-electron chi connectivity index (χ3n) is 3.22. The SMILES string of the molecule is Cc1cccc(C#Cc2ccccc2NC(=O)C(C)(C)C)c1. The van der Waals surface area contributed by atoms with Crippen LogP contribution in [0.25, 0.3) is 0 Å². The molecule has 0 aliphatic heterocycles. The zero-order valence-corrected chi connectivity index (χ0v) is 13.5. The van der Waals surface area contributed by atoms with Gasteiger partial charge < -0.3 is 5.32 Å². The summed E-state index contributed by atoms with van der Waals surface area (Å²) in [6, 6.07) is 15.7. The molecule has 2 aromatic carbocycles. The second kappa shape index (κ2) is 6.49. The van der Waals surface area contributed by atoms with Crippen LogP contribution in [0.4, 0.5) is 5.69 Å². The summed E-state index contributed by atoms with van der Waals surface area (Å²) >= 11 is 0. The largest absolute Gasteiger partial charge is 0.325 e. The lowest BCUT2D eigenvalue weighted by molar-refractivity contribution is -0.123. The molecular weight excluding hydrogens is 270 g/mol. The zero-order chi connectivity index (χ0) is 16.2. The van der Waals surface area contributed by atoms with Gasteiger partial charge in [0.25, 0.3) is 0 Å². The van der Waals surface area contributed by atoms with Crippen molar-refractivity contribution in [3.63, 3.8) is 0 Å². The highest BCUT2D eigenvalue weighted by molar-refractivity contribution is 5.95. The van der Waals surface area contributed by atoms with Crippen molar-refractivity contribution in [3.05, 3.63) is 65.2 Å². The summed E-state index contributed by atoms with van der Waals surface area (Å²) in [5.41, 5.74) is 3.29. The molecule has 0 spiro atoms. The zero-order valence-electron chi connectivity index (χ0n) is 13.5. The van der Waals surface area contributed by atoms with E-state index < -0.39 is 5.41 Å². The van der Waals surface area contributed by atoms with Gasteiger partial charge in [0.05, 0.1) is 5.69 Å². The monoisotopic (exact) mass is 291 g/mol. The molecular formula is C20H21NO. The average molecular weight is 291 g/mol. The van der Waals surface area contributed by atoms with E-state index in [1.807, 2.05) is 76.2 Å². The number of benzene rings is 2. The molecule has 0 heterocycles. The summed E-state index contributed by atoms with van der Waals surface area (Å²) in [5, 5.41) is 2.96. The van der Waals surface area contributed by atoms with E-state index in [1.165, 1.54) is 5.56 Å². The molecule has 0 radical (unpaired) electrons. The van der Waals surface area contributed by atoms with Gasteiger partial charge in [-0.3, -0.25) is 4.79 Å². The molecule has 1 N–H and O–H groups in total. The van der Waals surface area contributed by atoms with Gasteiger partial charge in [-0.05, 0) is 36.8 Å². The molecule has 112 valence electrons.